The maximum absolute atomic E-state index is 11.0. The van der Waals surface area contributed by atoms with Crippen molar-refractivity contribution in [1.82, 2.24) is 0 Å². The van der Waals surface area contributed by atoms with Gasteiger partial charge in [0.05, 0.1) is 11.0 Å². The van der Waals surface area contributed by atoms with Gasteiger partial charge in [-0.3, -0.25) is 10.1 Å². The lowest BCUT2D eigenvalue weighted by Crippen LogP contribution is -2.09. The number of nitro benzene ring substituents is 1. The van der Waals surface area contributed by atoms with Crippen LogP contribution in [0.4, 0.5) is 11.4 Å². The second-order valence-electron chi connectivity index (χ2n) is 5.25. The molecule has 0 saturated heterocycles. The summed E-state index contributed by atoms with van der Waals surface area (Å²) in [6.45, 7) is 1.79. The van der Waals surface area contributed by atoms with Crippen molar-refractivity contribution in [2.24, 2.45) is 0 Å². The zero-order chi connectivity index (χ0) is 15.0. The van der Waals surface area contributed by atoms with E-state index in [1.807, 2.05) is 12.1 Å². The number of halogens is 1. The number of hydrogen-bond acceptors (Lipinski definition) is 3. The number of nitrogens with zero attached hydrogens (tertiary/aromatic N) is 1. The fourth-order valence-corrected chi connectivity index (χ4v) is 3.50. The van der Waals surface area contributed by atoms with Gasteiger partial charge in [0.2, 0.25) is 0 Å². The summed E-state index contributed by atoms with van der Waals surface area (Å²) in [5, 5.41) is 14.5. The molecule has 21 heavy (non-hydrogen) atoms. The Morgan fingerprint density at radius 1 is 1.29 bits per heavy atom. The smallest absolute Gasteiger partial charge is 0.274 e. The second kappa shape index (κ2) is 5.48. The van der Waals surface area contributed by atoms with Crippen molar-refractivity contribution in [3.8, 4) is 0 Å². The third-order valence-electron chi connectivity index (χ3n) is 4.05. The van der Waals surface area contributed by atoms with E-state index < -0.39 is 0 Å². The quantitative estimate of drug-likeness (QED) is 0.643. The molecule has 2 aromatic carbocycles. The van der Waals surface area contributed by atoms with Crippen LogP contribution in [0.5, 0.6) is 0 Å². The zero-order valence-electron chi connectivity index (χ0n) is 11.6. The van der Waals surface area contributed by atoms with Gasteiger partial charge in [0.1, 0.15) is 0 Å². The van der Waals surface area contributed by atoms with Gasteiger partial charge in [0.15, 0.2) is 0 Å². The van der Waals surface area contributed by atoms with Crippen LogP contribution >= 0.6 is 15.9 Å². The molecular formula is C16H15BrN2O2. The monoisotopic (exact) mass is 346 g/mol. The van der Waals surface area contributed by atoms with Gasteiger partial charge in [0.25, 0.3) is 5.69 Å². The molecule has 0 amide bonds. The summed E-state index contributed by atoms with van der Waals surface area (Å²) in [6, 6.07) is 11.6. The second-order valence-corrected chi connectivity index (χ2v) is 6.10. The van der Waals surface area contributed by atoms with Gasteiger partial charge in [-0.15, -0.1) is 0 Å². The lowest BCUT2D eigenvalue weighted by Gasteiger charge is -2.17. The van der Waals surface area contributed by atoms with E-state index in [9.17, 15) is 10.1 Å². The zero-order valence-corrected chi connectivity index (χ0v) is 13.2. The first kappa shape index (κ1) is 14.1. The van der Waals surface area contributed by atoms with Crippen LogP contribution in [0.15, 0.2) is 40.9 Å². The minimum Gasteiger partial charge on any atom is -0.378 e. The van der Waals surface area contributed by atoms with Crippen molar-refractivity contribution in [3.05, 3.63) is 67.7 Å². The summed E-state index contributed by atoms with van der Waals surface area (Å²) < 4.78 is 1.14. The molecule has 0 fully saturated rings. The van der Waals surface area contributed by atoms with Crippen LogP contribution in [0, 0.1) is 17.0 Å². The molecule has 0 heterocycles. The largest absolute Gasteiger partial charge is 0.378 e. The van der Waals surface area contributed by atoms with E-state index in [-0.39, 0.29) is 16.7 Å². The Kier molecular flexibility index (Phi) is 3.68. The molecule has 0 bridgehead atoms. The van der Waals surface area contributed by atoms with E-state index in [0.717, 1.165) is 23.0 Å². The molecule has 1 N–H and O–H groups in total. The van der Waals surface area contributed by atoms with Crippen molar-refractivity contribution >= 4 is 27.3 Å². The molecule has 0 aliphatic heterocycles. The van der Waals surface area contributed by atoms with E-state index in [2.05, 4.69) is 33.4 Å². The summed E-state index contributed by atoms with van der Waals surface area (Å²) >= 11 is 3.59. The highest BCUT2D eigenvalue weighted by Gasteiger charge is 2.25. The first-order valence-corrected chi connectivity index (χ1v) is 7.65. The third-order valence-corrected chi connectivity index (χ3v) is 4.79. The lowest BCUT2D eigenvalue weighted by atomic mass is 10.1. The van der Waals surface area contributed by atoms with Crippen LogP contribution in [0.1, 0.15) is 29.2 Å². The molecule has 0 spiro atoms. The van der Waals surface area contributed by atoms with Gasteiger partial charge in [-0.05, 0) is 43.0 Å². The van der Waals surface area contributed by atoms with Crippen LogP contribution in [-0.2, 0) is 6.42 Å². The maximum atomic E-state index is 11.0. The fourth-order valence-electron chi connectivity index (χ4n) is 2.92. The van der Waals surface area contributed by atoms with E-state index in [1.165, 1.54) is 11.1 Å². The van der Waals surface area contributed by atoms with Gasteiger partial charge < -0.3 is 5.32 Å². The van der Waals surface area contributed by atoms with Crippen LogP contribution < -0.4 is 5.32 Å². The molecule has 1 aliphatic carbocycles. The molecule has 4 nitrogen and oxygen atoms in total. The molecule has 2 aromatic rings. The Bertz CT molecular complexity index is 715. The number of nitrogens with one attached hydrogen (secondary N) is 1. The predicted molar refractivity (Wildman–Crippen MR) is 86.7 cm³/mol. The Morgan fingerprint density at radius 3 is 2.81 bits per heavy atom. The van der Waals surface area contributed by atoms with Gasteiger partial charge in [-0.2, -0.15) is 0 Å². The highest BCUT2D eigenvalue weighted by Crippen LogP contribution is 2.38. The van der Waals surface area contributed by atoms with E-state index >= 15 is 0 Å². The number of benzene rings is 2. The van der Waals surface area contributed by atoms with Gasteiger partial charge >= 0.3 is 0 Å². The molecule has 108 valence electrons. The molecule has 0 saturated carbocycles. The van der Waals surface area contributed by atoms with Crippen molar-refractivity contribution in [1.29, 1.82) is 0 Å². The van der Waals surface area contributed by atoms with Gasteiger partial charge in [-0.25, -0.2) is 0 Å². The SMILES string of the molecule is Cc1c(NC2CCc3c(Br)cccc32)cccc1[N+](=O)[O-]. The molecule has 0 radical (unpaired) electrons. The topological polar surface area (TPSA) is 55.2 Å². The number of nitro groups is 1. The van der Waals surface area contributed by atoms with Crippen molar-refractivity contribution in [2.45, 2.75) is 25.8 Å². The van der Waals surface area contributed by atoms with Crippen molar-refractivity contribution < 1.29 is 4.92 Å². The van der Waals surface area contributed by atoms with E-state index in [1.54, 1.807) is 19.1 Å². The number of fused-ring (bicyclic) bond motifs is 1. The normalized spacial score (nSPS) is 16.6. The third kappa shape index (κ3) is 2.53. The Morgan fingerprint density at radius 2 is 2.05 bits per heavy atom. The fraction of sp³-hybridized carbons (Fsp3) is 0.250. The molecule has 0 aromatic heterocycles. The van der Waals surface area contributed by atoms with Crippen molar-refractivity contribution in [3.63, 3.8) is 0 Å². The van der Waals surface area contributed by atoms with Gasteiger partial charge in [-0.1, -0.05) is 34.1 Å². The van der Waals surface area contributed by atoms with Crippen molar-refractivity contribution in [2.75, 3.05) is 5.32 Å². The summed E-state index contributed by atoms with van der Waals surface area (Å²) in [4.78, 5) is 10.7. The van der Waals surface area contributed by atoms with E-state index in [4.69, 9.17) is 0 Å². The van der Waals surface area contributed by atoms with Crippen LogP contribution in [0.25, 0.3) is 0 Å². The van der Waals surface area contributed by atoms with Crippen LogP contribution in [0.2, 0.25) is 0 Å². The highest BCUT2D eigenvalue weighted by atomic mass is 79.9. The lowest BCUT2D eigenvalue weighted by molar-refractivity contribution is -0.385. The molecule has 1 aliphatic rings. The summed E-state index contributed by atoms with van der Waals surface area (Å²) in [6.07, 6.45) is 2.02. The number of rotatable bonds is 3. The van der Waals surface area contributed by atoms with E-state index in [0.29, 0.717) is 5.56 Å². The predicted octanol–water partition coefficient (Wildman–Crippen LogP) is 4.77. The summed E-state index contributed by atoms with van der Waals surface area (Å²) in [5.41, 5.74) is 4.29. The first-order chi connectivity index (χ1) is 10.1. The first-order valence-electron chi connectivity index (χ1n) is 6.85. The minimum atomic E-state index is -0.334. The number of hydrogen-bond donors (Lipinski definition) is 1. The summed E-state index contributed by atoms with van der Waals surface area (Å²) in [7, 11) is 0. The standard InChI is InChI=1S/C16H15BrN2O2/c1-10-14(6-3-7-16(10)19(20)21)18-15-9-8-11-12(15)4-2-5-13(11)17/h2-7,15,18H,8-9H2,1H3. The molecule has 1 unspecified atom stereocenters. The molecule has 3 rings (SSSR count). The average Bonchev–Trinajstić information content (AvgIpc) is 2.85. The minimum absolute atomic E-state index is 0.160. The van der Waals surface area contributed by atoms with Crippen LogP contribution in [-0.4, -0.2) is 4.92 Å². The van der Waals surface area contributed by atoms with Crippen LogP contribution in [0.3, 0.4) is 0 Å². The molecular weight excluding hydrogens is 332 g/mol. The summed E-state index contributed by atoms with van der Waals surface area (Å²) in [5.74, 6) is 0. The Hall–Kier alpha value is -1.88. The Labute approximate surface area is 131 Å². The average molecular weight is 347 g/mol. The Balaban J connectivity index is 1.92. The van der Waals surface area contributed by atoms with Gasteiger partial charge in [0, 0.05) is 21.8 Å². The number of anilines is 1. The maximum Gasteiger partial charge on any atom is 0.274 e. The highest BCUT2D eigenvalue weighted by molar-refractivity contribution is 9.10. The molecule has 1 atom stereocenters. The molecule has 5 heteroatoms.